The Morgan fingerprint density at radius 2 is 1.74 bits per heavy atom. The van der Waals surface area contributed by atoms with Crippen LogP contribution in [0.1, 0.15) is 38.7 Å². The number of benzene rings is 1. The maximum absolute atomic E-state index is 12.4. The lowest BCUT2D eigenvalue weighted by atomic mass is 10.2. The van der Waals surface area contributed by atoms with E-state index in [1.165, 1.54) is 10.6 Å². The first-order valence-electron chi connectivity index (χ1n) is 8.15. The summed E-state index contributed by atoms with van der Waals surface area (Å²) in [5, 5.41) is 0. The number of amides is 1. The Hall–Kier alpha value is -1.40. The number of nitrogens with zero attached hydrogens (tertiary/aromatic N) is 2. The fraction of sp³-hybridized carbons (Fsp3) is 0.588. The van der Waals surface area contributed by atoms with Crippen LogP contribution in [0, 0.1) is 0 Å². The van der Waals surface area contributed by atoms with Crippen LogP contribution in [0.25, 0.3) is 0 Å². The normalized spacial score (nSPS) is 11.7. The van der Waals surface area contributed by atoms with E-state index >= 15 is 0 Å². The fourth-order valence-electron chi connectivity index (χ4n) is 2.34. The highest BCUT2D eigenvalue weighted by atomic mass is 32.2. The molecule has 0 aliphatic carbocycles. The molecule has 0 bridgehead atoms. The molecule has 0 aliphatic heterocycles. The molecule has 0 spiro atoms. The topological polar surface area (TPSA) is 57.7 Å². The lowest BCUT2D eigenvalue weighted by Crippen LogP contribution is -2.37. The van der Waals surface area contributed by atoms with Crippen LogP contribution in [0.15, 0.2) is 30.3 Å². The molecule has 0 aromatic heterocycles. The summed E-state index contributed by atoms with van der Waals surface area (Å²) in [6.07, 6.45) is 3.16. The zero-order chi connectivity index (χ0) is 17.3. The van der Waals surface area contributed by atoms with E-state index in [9.17, 15) is 13.2 Å². The Morgan fingerprint density at radius 3 is 2.26 bits per heavy atom. The van der Waals surface area contributed by atoms with E-state index in [2.05, 4.69) is 0 Å². The van der Waals surface area contributed by atoms with Gasteiger partial charge in [-0.3, -0.25) is 4.79 Å². The average Bonchev–Trinajstić information content (AvgIpc) is 2.52. The third kappa shape index (κ3) is 7.14. The summed E-state index contributed by atoms with van der Waals surface area (Å²) in [4.78, 5) is 14.1. The number of carbonyl (C=O) groups is 1. The van der Waals surface area contributed by atoms with Gasteiger partial charge in [-0.05, 0) is 18.9 Å². The fourth-order valence-corrected chi connectivity index (χ4v) is 3.22. The summed E-state index contributed by atoms with van der Waals surface area (Å²) in [6.45, 7) is 5.86. The van der Waals surface area contributed by atoms with Gasteiger partial charge in [0.2, 0.25) is 15.9 Å². The van der Waals surface area contributed by atoms with Gasteiger partial charge in [0.05, 0.1) is 6.26 Å². The second kappa shape index (κ2) is 9.67. The molecular formula is C17H28N2O3S. The minimum Gasteiger partial charge on any atom is -0.339 e. The van der Waals surface area contributed by atoms with E-state index in [0.717, 1.165) is 18.4 Å². The number of sulfonamides is 1. The highest BCUT2D eigenvalue weighted by Crippen LogP contribution is 2.08. The van der Waals surface area contributed by atoms with Gasteiger partial charge < -0.3 is 4.90 Å². The van der Waals surface area contributed by atoms with Gasteiger partial charge in [0.25, 0.3) is 0 Å². The molecule has 0 saturated carbocycles. The van der Waals surface area contributed by atoms with E-state index in [1.807, 2.05) is 44.2 Å². The second-order valence-corrected chi connectivity index (χ2v) is 7.64. The molecule has 0 unspecified atom stereocenters. The summed E-state index contributed by atoms with van der Waals surface area (Å²) in [7, 11) is -3.26. The molecule has 5 nitrogen and oxygen atoms in total. The molecule has 0 heterocycles. The van der Waals surface area contributed by atoms with Gasteiger partial charge in [0.1, 0.15) is 0 Å². The SMILES string of the molecule is CCCCN(CCC(=O)N(CC)Cc1ccccc1)S(C)(=O)=O. The van der Waals surface area contributed by atoms with Crippen molar-refractivity contribution in [2.45, 2.75) is 39.7 Å². The van der Waals surface area contributed by atoms with Crippen LogP contribution in [0.5, 0.6) is 0 Å². The Morgan fingerprint density at radius 1 is 1.09 bits per heavy atom. The Bertz CT molecular complexity index is 573. The second-order valence-electron chi connectivity index (χ2n) is 5.66. The quantitative estimate of drug-likeness (QED) is 0.657. The molecule has 0 N–H and O–H groups in total. The molecule has 0 saturated heterocycles. The van der Waals surface area contributed by atoms with Crippen molar-refractivity contribution in [1.82, 2.24) is 9.21 Å². The lowest BCUT2D eigenvalue weighted by Gasteiger charge is -2.24. The highest BCUT2D eigenvalue weighted by Gasteiger charge is 2.19. The highest BCUT2D eigenvalue weighted by molar-refractivity contribution is 7.88. The van der Waals surface area contributed by atoms with Gasteiger partial charge in [-0.1, -0.05) is 43.7 Å². The standard InChI is InChI=1S/C17H28N2O3S/c1-4-6-13-19(23(3,21)22)14-12-17(20)18(5-2)15-16-10-8-7-9-11-16/h7-11H,4-6,12-15H2,1-3H3. The summed E-state index contributed by atoms with van der Waals surface area (Å²) < 4.78 is 25.0. The third-order valence-corrected chi connectivity index (χ3v) is 5.06. The molecule has 6 heteroatoms. The lowest BCUT2D eigenvalue weighted by molar-refractivity contribution is -0.131. The third-order valence-electron chi connectivity index (χ3n) is 3.76. The van der Waals surface area contributed by atoms with Crippen LogP contribution < -0.4 is 0 Å². The Balaban J connectivity index is 2.61. The predicted molar refractivity (Wildman–Crippen MR) is 93.5 cm³/mol. The first-order valence-corrected chi connectivity index (χ1v) is 10.00. The van der Waals surface area contributed by atoms with Gasteiger partial charge in [-0.25, -0.2) is 12.7 Å². The van der Waals surface area contributed by atoms with Crippen LogP contribution >= 0.6 is 0 Å². The number of rotatable bonds is 10. The first-order chi connectivity index (χ1) is 10.9. The Kier molecular flexibility index (Phi) is 8.26. The van der Waals surface area contributed by atoms with Crippen LogP contribution in [0.2, 0.25) is 0 Å². The van der Waals surface area contributed by atoms with Crippen molar-refractivity contribution in [3.8, 4) is 0 Å². The number of hydrogen-bond donors (Lipinski definition) is 0. The van der Waals surface area contributed by atoms with E-state index < -0.39 is 10.0 Å². The molecule has 23 heavy (non-hydrogen) atoms. The van der Waals surface area contributed by atoms with Crippen molar-refractivity contribution in [2.75, 3.05) is 25.9 Å². The predicted octanol–water partition coefficient (Wildman–Crippen LogP) is 2.49. The molecule has 1 amide bonds. The van der Waals surface area contributed by atoms with Crippen molar-refractivity contribution in [1.29, 1.82) is 0 Å². The van der Waals surface area contributed by atoms with Crippen molar-refractivity contribution in [3.05, 3.63) is 35.9 Å². The molecule has 0 atom stereocenters. The van der Waals surface area contributed by atoms with Crippen molar-refractivity contribution < 1.29 is 13.2 Å². The minimum atomic E-state index is -3.26. The average molecular weight is 340 g/mol. The Labute approximate surface area is 140 Å². The van der Waals surface area contributed by atoms with Crippen LogP contribution in [-0.2, 0) is 21.4 Å². The monoisotopic (exact) mass is 340 g/mol. The maximum atomic E-state index is 12.4. The summed E-state index contributed by atoms with van der Waals surface area (Å²) in [5.41, 5.74) is 1.08. The largest absolute Gasteiger partial charge is 0.339 e. The van der Waals surface area contributed by atoms with E-state index in [0.29, 0.717) is 19.6 Å². The van der Waals surface area contributed by atoms with Crippen molar-refractivity contribution in [2.24, 2.45) is 0 Å². The molecule has 1 aromatic carbocycles. The molecule has 0 radical (unpaired) electrons. The number of carbonyl (C=O) groups excluding carboxylic acids is 1. The molecule has 130 valence electrons. The first kappa shape index (κ1) is 19.6. The summed E-state index contributed by atoms with van der Waals surface area (Å²) >= 11 is 0. The van der Waals surface area contributed by atoms with Crippen molar-refractivity contribution in [3.63, 3.8) is 0 Å². The molecular weight excluding hydrogens is 312 g/mol. The van der Waals surface area contributed by atoms with Crippen LogP contribution in [0.4, 0.5) is 0 Å². The molecule has 1 rings (SSSR count). The number of hydrogen-bond acceptors (Lipinski definition) is 3. The van der Waals surface area contributed by atoms with Crippen LogP contribution in [-0.4, -0.2) is 49.4 Å². The zero-order valence-electron chi connectivity index (χ0n) is 14.4. The van der Waals surface area contributed by atoms with Gasteiger partial charge in [-0.15, -0.1) is 0 Å². The van der Waals surface area contributed by atoms with Gasteiger partial charge >= 0.3 is 0 Å². The van der Waals surface area contributed by atoms with Crippen LogP contribution in [0.3, 0.4) is 0 Å². The summed E-state index contributed by atoms with van der Waals surface area (Å²) in [5.74, 6) is -0.0125. The minimum absolute atomic E-state index is 0.0125. The summed E-state index contributed by atoms with van der Waals surface area (Å²) in [6, 6.07) is 9.81. The van der Waals surface area contributed by atoms with Gasteiger partial charge in [0.15, 0.2) is 0 Å². The number of unbranched alkanes of at least 4 members (excludes halogenated alkanes) is 1. The molecule has 0 fully saturated rings. The molecule has 0 aliphatic rings. The maximum Gasteiger partial charge on any atom is 0.224 e. The van der Waals surface area contributed by atoms with E-state index in [-0.39, 0.29) is 18.9 Å². The van der Waals surface area contributed by atoms with E-state index in [1.54, 1.807) is 4.90 Å². The zero-order valence-corrected chi connectivity index (χ0v) is 15.2. The van der Waals surface area contributed by atoms with Gasteiger partial charge in [0, 0.05) is 32.6 Å². The van der Waals surface area contributed by atoms with Gasteiger partial charge in [-0.2, -0.15) is 0 Å². The molecule has 1 aromatic rings. The van der Waals surface area contributed by atoms with E-state index in [4.69, 9.17) is 0 Å². The smallest absolute Gasteiger partial charge is 0.224 e. The van der Waals surface area contributed by atoms with Crippen molar-refractivity contribution >= 4 is 15.9 Å².